The van der Waals surface area contributed by atoms with Gasteiger partial charge in [-0.1, -0.05) is 12.1 Å². The normalized spacial score (nSPS) is 17.5. The second-order valence-corrected chi connectivity index (χ2v) is 12.2. The molecule has 2 aromatic rings. The second kappa shape index (κ2) is 14.2. The highest BCUT2D eigenvalue weighted by Gasteiger charge is 2.34. The minimum atomic E-state index is -4.15. The zero-order valence-electron chi connectivity index (χ0n) is 23.4. The summed E-state index contributed by atoms with van der Waals surface area (Å²) in [6.45, 7) is 5.99. The lowest BCUT2D eigenvalue weighted by atomic mass is 9.97. The number of hydrogen-bond donors (Lipinski definition) is 3. The number of para-hydroxylation sites is 1. The number of phenolic OH excluding ortho intramolecular Hbond substituents is 3. The summed E-state index contributed by atoms with van der Waals surface area (Å²) in [4.78, 5) is 29.7. The fraction of sp³-hybridized carbons (Fsp3) is 0.500. The van der Waals surface area contributed by atoms with Gasteiger partial charge in [0.25, 0.3) is 0 Å². The summed E-state index contributed by atoms with van der Waals surface area (Å²) in [6, 6.07) is 5.88. The molecule has 1 atom stereocenters. The number of benzene rings is 2. The molecule has 0 spiro atoms. The van der Waals surface area contributed by atoms with Crippen LogP contribution < -0.4 is 0 Å². The van der Waals surface area contributed by atoms with Gasteiger partial charge in [-0.2, -0.15) is 0 Å². The standard InChI is InChI=1S/C28H36N2O11S/c1-42(36,37)26(20-3-2-4-21(24(20)32)27(34)40-15-9-29-5-11-38-12-6-29)22-17-19(31)18-23(25(22)33)28(35)41-16-10-30-7-13-39-14-8-30/h2-4,17-18,26,31-33H,5-16H2,1H3. The lowest BCUT2D eigenvalue weighted by molar-refractivity contribution is 0.0189. The van der Waals surface area contributed by atoms with Gasteiger partial charge < -0.3 is 34.3 Å². The molecule has 3 N–H and O–H groups in total. The van der Waals surface area contributed by atoms with Crippen LogP contribution in [0.1, 0.15) is 37.1 Å². The van der Waals surface area contributed by atoms with Crippen molar-refractivity contribution in [2.24, 2.45) is 0 Å². The molecular formula is C28H36N2O11S. The number of aromatic hydroxyl groups is 3. The van der Waals surface area contributed by atoms with E-state index in [0.717, 1.165) is 18.4 Å². The molecule has 0 saturated carbocycles. The zero-order valence-corrected chi connectivity index (χ0v) is 24.2. The molecule has 42 heavy (non-hydrogen) atoms. The maximum Gasteiger partial charge on any atom is 0.342 e. The molecule has 0 bridgehead atoms. The van der Waals surface area contributed by atoms with Gasteiger partial charge in [-0.05, 0) is 18.2 Å². The zero-order chi connectivity index (χ0) is 30.3. The summed E-state index contributed by atoms with van der Waals surface area (Å²) in [7, 11) is -4.15. The first-order valence-electron chi connectivity index (χ1n) is 13.6. The molecule has 0 aliphatic carbocycles. The predicted octanol–water partition coefficient (Wildman–Crippen LogP) is 0.915. The van der Waals surface area contributed by atoms with Gasteiger partial charge in [0.15, 0.2) is 9.84 Å². The maximum absolute atomic E-state index is 13.0. The molecule has 14 heteroatoms. The third-order valence-electron chi connectivity index (χ3n) is 7.11. The Bertz CT molecular complexity index is 1370. The molecule has 2 aromatic carbocycles. The Kier molecular flexibility index (Phi) is 10.6. The fourth-order valence-corrected chi connectivity index (χ4v) is 6.20. The minimum Gasteiger partial charge on any atom is -0.508 e. The van der Waals surface area contributed by atoms with E-state index in [4.69, 9.17) is 18.9 Å². The van der Waals surface area contributed by atoms with E-state index in [1.807, 2.05) is 4.90 Å². The first-order chi connectivity index (χ1) is 20.1. The number of phenols is 3. The van der Waals surface area contributed by atoms with Gasteiger partial charge in [0.1, 0.15) is 46.8 Å². The predicted molar refractivity (Wildman–Crippen MR) is 150 cm³/mol. The highest BCUT2D eigenvalue weighted by molar-refractivity contribution is 7.91. The first kappa shape index (κ1) is 31.5. The van der Waals surface area contributed by atoms with Crippen LogP contribution in [-0.4, -0.2) is 131 Å². The van der Waals surface area contributed by atoms with Crippen molar-refractivity contribution in [2.45, 2.75) is 5.25 Å². The second-order valence-electron chi connectivity index (χ2n) is 10.1. The third kappa shape index (κ3) is 7.89. The van der Waals surface area contributed by atoms with Crippen LogP contribution in [0.4, 0.5) is 0 Å². The van der Waals surface area contributed by atoms with Crippen molar-refractivity contribution < 1.29 is 52.3 Å². The van der Waals surface area contributed by atoms with Crippen molar-refractivity contribution in [1.29, 1.82) is 0 Å². The van der Waals surface area contributed by atoms with E-state index in [9.17, 15) is 33.3 Å². The molecular weight excluding hydrogens is 572 g/mol. The molecule has 2 fully saturated rings. The van der Waals surface area contributed by atoms with E-state index < -0.39 is 49.8 Å². The minimum absolute atomic E-state index is 0.00471. The molecule has 1 unspecified atom stereocenters. The maximum atomic E-state index is 13.0. The summed E-state index contributed by atoms with van der Waals surface area (Å²) in [6.07, 6.45) is 0.869. The van der Waals surface area contributed by atoms with E-state index >= 15 is 0 Å². The fourth-order valence-electron chi connectivity index (χ4n) is 4.90. The quantitative estimate of drug-likeness (QED) is 0.243. The monoisotopic (exact) mass is 608 g/mol. The smallest absolute Gasteiger partial charge is 0.342 e. The number of rotatable bonds is 11. The number of carbonyl (C=O) groups excluding carboxylic acids is 2. The number of sulfone groups is 1. The molecule has 2 aliphatic heterocycles. The van der Waals surface area contributed by atoms with Gasteiger partial charge in [-0.15, -0.1) is 0 Å². The van der Waals surface area contributed by atoms with E-state index in [2.05, 4.69) is 4.90 Å². The molecule has 2 aliphatic rings. The van der Waals surface area contributed by atoms with Gasteiger partial charge in [0.05, 0.1) is 26.4 Å². The molecule has 230 valence electrons. The highest BCUT2D eigenvalue weighted by atomic mass is 32.2. The van der Waals surface area contributed by atoms with Crippen molar-refractivity contribution >= 4 is 21.8 Å². The third-order valence-corrected chi connectivity index (χ3v) is 8.48. The molecule has 2 heterocycles. The largest absolute Gasteiger partial charge is 0.508 e. The molecule has 2 saturated heterocycles. The Morgan fingerprint density at radius 3 is 1.83 bits per heavy atom. The summed E-state index contributed by atoms with van der Waals surface area (Å²) in [5, 5.41) is 30.7. The van der Waals surface area contributed by atoms with Gasteiger partial charge in [-0.3, -0.25) is 9.80 Å². The van der Waals surface area contributed by atoms with E-state index in [-0.39, 0.29) is 29.9 Å². The van der Waals surface area contributed by atoms with Crippen molar-refractivity contribution in [1.82, 2.24) is 9.80 Å². The van der Waals surface area contributed by atoms with E-state index in [1.54, 1.807) is 0 Å². The molecule has 0 aromatic heterocycles. The average Bonchev–Trinajstić information content (AvgIpc) is 2.96. The van der Waals surface area contributed by atoms with Crippen LogP contribution in [0, 0.1) is 0 Å². The van der Waals surface area contributed by atoms with Gasteiger partial charge in [0, 0.05) is 56.7 Å². The van der Waals surface area contributed by atoms with Crippen molar-refractivity contribution in [2.75, 3.05) is 85.2 Å². The topological polar surface area (TPSA) is 172 Å². The highest BCUT2D eigenvalue weighted by Crippen LogP contribution is 2.43. The Hall–Kier alpha value is -3.43. The number of ether oxygens (including phenoxy) is 4. The summed E-state index contributed by atoms with van der Waals surface area (Å²) < 4.78 is 47.3. The lowest BCUT2D eigenvalue weighted by Crippen LogP contribution is -2.38. The van der Waals surface area contributed by atoms with E-state index in [0.29, 0.717) is 65.7 Å². The van der Waals surface area contributed by atoms with Crippen LogP contribution in [0.3, 0.4) is 0 Å². The molecule has 13 nitrogen and oxygen atoms in total. The number of esters is 2. The van der Waals surface area contributed by atoms with E-state index in [1.165, 1.54) is 18.2 Å². The number of carbonyl (C=O) groups is 2. The molecule has 4 rings (SSSR count). The van der Waals surface area contributed by atoms with Crippen molar-refractivity contribution in [3.8, 4) is 17.2 Å². The van der Waals surface area contributed by atoms with Crippen LogP contribution in [0.15, 0.2) is 30.3 Å². The first-order valence-corrected chi connectivity index (χ1v) is 15.5. The van der Waals surface area contributed by atoms with Crippen molar-refractivity contribution in [3.63, 3.8) is 0 Å². The van der Waals surface area contributed by atoms with Gasteiger partial charge >= 0.3 is 11.9 Å². The van der Waals surface area contributed by atoms with Crippen LogP contribution in [0.25, 0.3) is 0 Å². The Morgan fingerprint density at radius 1 is 0.810 bits per heavy atom. The van der Waals surface area contributed by atoms with Crippen LogP contribution in [0.5, 0.6) is 17.2 Å². The Morgan fingerprint density at radius 2 is 1.31 bits per heavy atom. The Labute approximate surface area is 244 Å². The molecule has 0 radical (unpaired) electrons. The summed E-state index contributed by atoms with van der Waals surface area (Å²) in [5.74, 6) is -3.74. The number of hydrogen-bond acceptors (Lipinski definition) is 13. The number of nitrogens with zero attached hydrogens (tertiary/aromatic N) is 2. The summed E-state index contributed by atoms with van der Waals surface area (Å²) in [5.41, 5.74) is -1.33. The van der Waals surface area contributed by atoms with Crippen LogP contribution in [0.2, 0.25) is 0 Å². The summed E-state index contributed by atoms with van der Waals surface area (Å²) >= 11 is 0. The van der Waals surface area contributed by atoms with Crippen LogP contribution in [-0.2, 0) is 28.8 Å². The van der Waals surface area contributed by atoms with Crippen molar-refractivity contribution in [3.05, 3.63) is 52.6 Å². The number of morpholine rings is 2. The van der Waals surface area contributed by atoms with Crippen LogP contribution >= 0.6 is 0 Å². The SMILES string of the molecule is CS(=O)(=O)C(c1cccc(C(=O)OCCN2CCOCC2)c1O)c1cc(O)cc(C(=O)OCCN2CCOCC2)c1O. The van der Waals surface area contributed by atoms with Gasteiger partial charge in [-0.25, -0.2) is 18.0 Å². The lowest BCUT2D eigenvalue weighted by Gasteiger charge is -2.26. The Balaban J connectivity index is 1.56. The molecule has 0 amide bonds. The average molecular weight is 609 g/mol. The van der Waals surface area contributed by atoms with Gasteiger partial charge in [0.2, 0.25) is 0 Å².